The second-order valence-corrected chi connectivity index (χ2v) is 6.26. The van der Waals surface area contributed by atoms with Gasteiger partial charge in [0.15, 0.2) is 10.8 Å². The topological polar surface area (TPSA) is 54.5 Å². The molecule has 1 aromatic heterocycles. The fourth-order valence-electron chi connectivity index (χ4n) is 3.21. The third-order valence-electron chi connectivity index (χ3n) is 4.15. The smallest absolute Gasteiger partial charge is 0.357 e. The van der Waals surface area contributed by atoms with E-state index >= 15 is 0 Å². The maximum atomic E-state index is 11.6. The maximum absolute atomic E-state index is 11.6. The predicted octanol–water partition coefficient (Wildman–Crippen LogP) is 2.36. The molecule has 0 aromatic carbocycles. The average Bonchev–Trinajstić information content (AvgIpc) is 3.08. The molecule has 1 N–H and O–H groups in total. The first-order valence-corrected chi connectivity index (χ1v) is 8.29. The van der Waals surface area contributed by atoms with Crippen LogP contribution in [-0.4, -0.2) is 47.6 Å². The molecule has 2 fully saturated rings. The van der Waals surface area contributed by atoms with Gasteiger partial charge in [0.05, 0.1) is 6.61 Å². The van der Waals surface area contributed by atoms with Gasteiger partial charge in [0.1, 0.15) is 0 Å². The summed E-state index contributed by atoms with van der Waals surface area (Å²) in [6.07, 6.45) is 5.09. The minimum Gasteiger partial charge on any atom is -0.461 e. The molecular formula is C14H21N3O2S. The Morgan fingerprint density at radius 2 is 2.40 bits per heavy atom. The highest BCUT2D eigenvalue weighted by atomic mass is 32.1. The molecule has 20 heavy (non-hydrogen) atoms. The van der Waals surface area contributed by atoms with Crippen molar-refractivity contribution >= 4 is 22.4 Å². The SMILES string of the molecule is CCOC(=O)c1csc(NC2CCN3CCCCC23)n1. The molecule has 0 spiro atoms. The molecule has 0 bridgehead atoms. The number of nitrogens with one attached hydrogen (secondary N) is 1. The lowest BCUT2D eigenvalue weighted by Gasteiger charge is -2.32. The van der Waals surface area contributed by atoms with E-state index < -0.39 is 0 Å². The second kappa shape index (κ2) is 6.10. The minimum atomic E-state index is -0.331. The first-order chi connectivity index (χ1) is 9.78. The lowest BCUT2D eigenvalue weighted by Crippen LogP contribution is -2.41. The van der Waals surface area contributed by atoms with Crippen molar-refractivity contribution in [2.24, 2.45) is 0 Å². The van der Waals surface area contributed by atoms with Crippen LogP contribution in [0.5, 0.6) is 0 Å². The first kappa shape index (κ1) is 13.8. The van der Waals surface area contributed by atoms with Gasteiger partial charge in [0.25, 0.3) is 0 Å². The molecular weight excluding hydrogens is 274 g/mol. The highest BCUT2D eigenvalue weighted by molar-refractivity contribution is 7.13. The number of aromatic nitrogens is 1. The van der Waals surface area contributed by atoms with Gasteiger partial charge < -0.3 is 10.1 Å². The summed E-state index contributed by atoms with van der Waals surface area (Å²) in [6.45, 7) is 4.60. The van der Waals surface area contributed by atoms with Crippen LogP contribution in [0.15, 0.2) is 5.38 Å². The Bertz CT molecular complexity index is 477. The molecule has 1 aromatic rings. The fraction of sp³-hybridized carbons (Fsp3) is 0.714. The molecule has 2 aliphatic rings. The summed E-state index contributed by atoms with van der Waals surface area (Å²) in [4.78, 5) is 18.5. The van der Waals surface area contributed by atoms with Crippen molar-refractivity contribution in [3.05, 3.63) is 11.1 Å². The summed E-state index contributed by atoms with van der Waals surface area (Å²) in [5, 5.41) is 6.13. The number of anilines is 1. The molecule has 0 amide bonds. The molecule has 2 unspecified atom stereocenters. The van der Waals surface area contributed by atoms with E-state index in [2.05, 4.69) is 15.2 Å². The molecule has 6 heteroatoms. The van der Waals surface area contributed by atoms with Crippen LogP contribution in [0.25, 0.3) is 0 Å². The van der Waals surface area contributed by atoms with Gasteiger partial charge in [-0.3, -0.25) is 4.90 Å². The highest BCUT2D eigenvalue weighted by Crippen LogP contribution is 2.30. The van der Waals surface area contributed by atoms with Gasteiger partial charge in [-0.15, -0.1) is 11.3 Å². The summed E-state index contributed by atoms with van der Waals surface area (Å²) in [5.74, 6) is -0.331. The van der Waals surface area contributed by atoms with Gasteiger partial charge in [0, 0.05) is 24.0 Å². The van der Waals surface area contributed by atoms with Gasteiger partial charge in [-0.1, -0.05) is 6.42 Å². The van der Waals surface area contributed by atoms with Crippen LogP contribution < -0.4 is 5.32 Å². The normalized spacial score (nSPS) is 26.2. The number of thiazole rings is 1. The Morgan fingerprint density at radius 1 is 1.50 bits per heavy atom. The van der Waals surface area contributed by atoms with Gasteiger partial charge in [-0.25, -0.2) is 9.78 Å². The van der Waals surface area contributed by atoms with Gasteiger partial charge >= 0.3 is 5.97 Å². The molecule has 2 atom stereocenters. The number of fused-ring (bicyclic) bond motifs is 1. The summed E-state index contributed by atoms with van der Waals surface area (Å²) in [7, 11) is 0. The third-order valence-corrected chi connectivity index (χ3v) is 4.93. The van der Waals surface area contributed by atoms with E-state index in [4.69, 9.17) is 4.74 Å². The van der Waals surface area contributed by atoms with E-state index in [1.165, 1.54) is 50.1 Å². The van der Waals surface area contributed by atoms with Crippen LogP contribution in [0, 0.1) is 0 Å². The molecule has 0 radical (unpaired) electrons. The van der Waals surface area contributed by atoms with E-state index in [1.54, 1.807) is 12.3 Å². The Balaban J connectivity index is 1.62. The van der Waals surface area contributed by atoms with Crippen molar-refractivity contribution in [2.75, 3.05) is 25.0 Å². The van der Waals surface area contributed by atoms with Crippen LogP contribution >= 0.6 is 11.3 Å². The molecule has 2 aliphatic heterocycles. The van der Waals surface area contributed by atoms with Crippen LogP contribution in [0.3, 0.4) is 0 Å². The molecule has 110 valence electrons. The molecule has 5 nitrogen and oxygen atoms in total. The number of ether oxygens (including phenoxy) is 1. The van der Waals surface area contributed by atoms with Gasteiger partial charge in [-0.2, -0.15) is 0 Å². The zero-order chi connectivity index (χ0) is 13.9. The summed E-state index contributed by atoms with van der Waals surface area (Å²) in [5.41, 5.74) is 0.415. The van der Waals surface area contributed by atoms with Crippen molar-refractivity contribution in [3.63, 3.8) is 0 Å². The summed E-state index contributed by atoms with van der Waals surface area (Å²) < 4.78 is 4.97. The van der Waals surface area contributed by atoms with Crippen molar-refractivity contribution in [1.82, 2.24) is 9.88 Å². The van der Waals surface area contributed by atoms with Crippen LogP contribution in [0.1, 0.15) is 43.1 Å². The second-order valence-electron chi connectivity index (χ2n) is 5.40. The first-order valence-electron chi connectivity index (χ1n) is 7.41. The number of carbonyl (C=O) groups excluding carboxylic acids is 1. The lowest BCUT2D eigenvalue weighted by atomic mass is 9.99. The van der Waals surface area contributed by atoms with E-state index in [1.807, 2.05) is 0 Å². The number of hydrogen-bond acceptors (Lipinski definition) is 6. The zero-order valence-electron chi connectivity index (χ0n) is 11.8. The molecule has 3 heterocycles. The maximum Gasteiger partial charge on any atom is 0.357 e. The van der Waals surface area contributed by atoms with E-state index in [0.29, 0.717) is 24.4 Å². The molecule has 3 rings (SSSR count). The quantitative estimate of drug-likeness (QED) is 0.864. The standard InChI is InChI=1S/C14H21N3O2S/c1-2-19-13(18)11-9-20-14(16-11)15-10-6-8-17-7-4-3-5-12(10)17/h9-10,12H,2-8H2,1H3,(H,15,16). The minimum absolute atomic E-state index is 0.331. The number of nitrogens with zero attached hydrogens (tertiary/aromatic N) is 2. The third kappa shape index (κ3) is 2.81. The van der Waals surface area contributed by atoms with E-state index in [0.717, 1.165) is 5.13 Å². The molecule has 0 aliphatic carbocycles. The van der Waals surface area contributed by atoms with Gasteiger partial charge in [0.2, 0.25) is 0 Å². The number of hydrogen-bond donors (Lipinski definition) is 1. The number of carbonyl (C=O) groups is 1. The van der Waals surface area contributed by atoms with Crippen molar-refractivity contribution in [1.29, 1.82) is 0 Å². The monoisotopic (exact) mass is 295 g/mol. The van der Waals surface area contributed by atoms with Crippen LogP contribution in [-0.2, 0) is 4.74 Å². The summed E-state index contributed by atoms with van der Waals surface area (Å²) in [6, 6.07) is 1.11. The van der Waals surface area contributed by atoms with E-state index in [9.17, 15) is 4.79 Å². The number of rotatable bonds is 4. The van der Waals surface area contributed by atoms with Crippen molar-refractivity contribution in [3.8, 4) is 0 Å². The van der Waals surface area contributed by atoms with Crippen molar-refractivity contribution in [2.45, 2.75) is 44.7 Å². The number of esters is 1. The fourth-order valence-corrected chi connectivity index (χ4v) is 3.96. The Hall–Kier alpha value is -1.14. The number of piperidine rings is 1. The summed E-state index contributed by atoms with van der Waals surface area (Å²) >= 11 is 1.49. The van der Waals surface area contributed by atoms with Crippen molar-refractivity contribution < 1.29 is 9.53 Å². The largest absolute Gasteiger partial charge is 0.461 e. The Labute approximate surface area is 123 Å². The Morgan fingerprint density at radius 3 is 3.25 bits per heavy atom. The van der Waals surface area contributed by atoms with E-state index in [-0.39, 0.29) is 5.97 Å². The Kier molecular flexibility index (Phi) is 4.21. The van der Waals surface area contributed by atoms with Crippen LogP contribution in [0.4, 0.5) is 5.13 Å². The lowest BCUT2D eigenvalue weighted by molar-refractivity contribution is 0.0520. The molecule has 2 saturated heterocycles. The molecule has 0 saturated carbocycles. The van der Waals surface area contributed by atoms with Crippen LogP contribution in [0.2, 0.25) is 0 Å². The highest BCUT2D eigenvalue weighted by Gasteiger charge is 2.35. The predicted molar refractivity (Wildman–Crippen MR) is 79.3 cm³/mol. The van der Waals surface area contributed by atoms with Gasteiger partial charge in [-0.05, 0) is 32.7 Å². The zero-order valence-corrected chi connectivity index (χ0v) is 12.6. The average molecular weight is 295 g/mol.